The van der Waals surface area contributed by atoms with E-state index in [-0.39, 0.29) is 36.5 Å². The molecule has 188 valence electrons. The van der Waals surface area contributed by atoms with Gasteiger partial charge in [-0.1, -0.05) is 24.6 Å². The molecule has 8 nitrogen and oxygen atoms in total. The zero-order chi connectivity index (χ0) is 24.3. The Morgan fingerprint density at radius 1 is 1.12 bits per heavy atom. The Kier molecular flexibility index (Phi) is 6.04. The quantitative estimate of drug-likeness (QED) is 0.539. The molecule has 4 aliphatic carbocycles. The van der Waals surface area contributed by atoms with Crippen molar-refractivity contribution in [1.82, 2.24) is 4.90 Å². The zero-order valence-corrected chi connectivity index (χ0v) is 20.3. The van der Waals surface area contributed by atoms with Crippen molar-refractivity contribution in [3.05, 3.63) is 11.6 Å². The summed E-state index contributed by atoms with van der Waals surface area (Å²) in [4.78, 5) is 30.3. The van der Waals surface area contributed by atoms with Crippen molar-refractivity contribution in [1.29, 1.82) is 0 Å². The standard InChI is InChI=1S/C26H38N2O6/c1-25-9-7-16(27-34-14-23(31)28-13-17(29)12-21(28)24(32)33)11-15(25)3-4-18-19-5-6-22(30)26(19,2)10-8-20(18)25/h11,17-22,29-30H,3-10,12-14H2,1-2H3,(H,32,33)/t17-,18-,19-,20-,21-,22+,25+,26+/m1/s1. The molecular weight excluding hydrogens is 436 g/mol. The molecule has 0 radical (unpaired) electrons. The Morgan fingerprint density at radius 3 is 2.68 bits per heavy atom. The van der Waals surface area contributed by atoms with Gasteiger partial charge in [0.05, 0.1) is 17.9 Å². The first-order valence-corrected chi connectivity index (χ1v) is 12.9. The summed E-state index contributed by atoms with van der Waals surface area (Å²) < 4.78 is 0. The van der Waals surface area contributed by atoms with Crippen LogP contribution in [0.25, 0.3) is 0 Å². The summed E-state index contributed by atoms with van der Waals surface area (Å²) in [6.07, 6.45) is 9.64. The number of aliphatic hydroxyl groups is 2. The second-order valence-corrected chi connectivity index (χ2v) is 11.8. The molecule has 5 rings (SSSR count). The van der Waals surface area contributed by atoms with Gasteiger partial charge in [-0.3, -0.25) is 4.79 Å². The number of nitrogens with zero attached hydrogens (tertiary/aromatic N) is 2. The molecule has 0 aromatic rings. The van der Waals surface area contributed by atoms with E-state index in [1.54, 1.807) is 0 Å². The molecule has 1 amide bonds. The molecule has 34 heavy (non-hydrogen) atoms. The molecule has 3 saturated carbocycles. The fourth-order valence-electron chi connectivity index (χ4n) is 8.19. The van der Waals surface area contributed by atoms with Gasteiger partial charge in [0.25, 0.3) is 5.91 Å². The number of carboxylic acids is 1. The van der Waals surface area contributed by atoms with Crippen molar-refractivity contribution < 1.29 is 29.7 Å². The van der Waals surface area contributed by atoms with Crippen LogP contribution >= 0.6 is 0 Å². The number of aliphatic hydroxyl groups excluding tert-OH is 2. The molecule has 1 aliphatic heterocycles. The predicted molar refractivity (Wildman–Crippen MR) is 125 cm³/mol. The number of allylic oxidation sites excluding steroid dienone is 2. The van der Waals surface area contributed by atoms with Crippen molar-refractivity contribution in [2.24, 2.45) is 33.7 Å². The second kappa shape index (κ2) is 8.63. The van der Waals surface area contributed by atoms with E-state index in [0.717, 1.165) is 44.2 Å². The number of hydrogen-bond donors (Lipinski definition) is 3. The van der Waals surface area contributed by atoms with Crippen molar-refractivity contribution in [2.45, 2.75) is 89.9 Å². The van der Waals surface area contributed by atoms with Crippen molar-refractivity contribution in [3.63, 3.8) is 0 Å². The van der Waals surface area contributed by atoms with Gasteiger partial charge in [0, 0.05) is 13.0 Å². The average Bonchev–Trinajstić information content (AvgIpc) is 3.33. The molecule has 0 bridgehead atoms. The normalized spacial score (nSPS) is 44.8. The van der Waals surface area contributed by atoms with E-state index in [1.807, 2.05) is 0 Å². The summed E-state index contributed by atoms with van der Waals surface area (Å²) in [6, 6.07) is -1.01. The van der Waals surface area contributed by atoms with Gasteiger partial charge >= 0.3 is 5.97 Å². The molecule has 0 unspecified atom stereocenters. The van der Waals surface area contributed by atoms with Crippen LogP contribution in [0.1, 0.15) is 71.6 Å². The summed E-state index contributed by atoms with van der Waals surface area (Å²) in [6.45, 7) is 4.41. The maximum absolute atomic E-state index is 12.4. The number of fused-ring (bicyclic) bond motifs is 5. The molecule has 8 atom stereocenters. The molecule has 1 saturated heterocycles. The van der Waals surface area contributed by atoms with Crippen molar-refractivity contribution >= 4 is 17.6 Å². The minimum absolute atomic E-state index is 0.0117. The summed E-state index contributed by atoms with van der Waals surface area (Å²) in [5, 5.41) is 33.9. The maximum atomic E-state index is 12.4. The lowest BCUT2D eigenvalue weighted by Crippen LogP contribution is -2.51. The summed E-state index contributed by atoms with van der Waals surface area (Å²) in [7, 11) is 0. The maximum Gasteiger partial charge on any atom is 0.326 e. The van der Waals surface area contributed by atoms with E-state index in [4.69, 9.17) is 4.84 Å². The number of carbonyl (C=O) groups is 2. The largest absolute Gasteiger partial charge is 0.480 e. The lowest BCUT2D eigenvalue weighted by molar-refractivity contribution is -0.150. The first-order chi connectivity index (χ1) is 16.1. The Labute approximate surface area is 201 Å². The fraction of sp³-hybridized carbons (Fsp3) is 0.808. The van der Waals surface area contributed by atoms with Gasteiger partial charge in [-0.25, -0.2) is 4.79 Å². The van der Waals surface area contributed by atoms with Crippen LogP contribution in [0.4, 0.5) is 0 Å². The number of oxime groups is 1. The van der Waals surface area contributed by atoms with E-state index in [0.29, 0.717) is 17.8 Å². The van der Waals surface area contributed by atoms with Gasteiger partial charge in [-0.2, -0.15) is 0 Å². The van der Waals surface area contributed by atoms with Gasteiger partial charge in [-0.15, -0.1) is 0 Å². The minimum Gasteiger partial charge on any atom is -0.480 e. The van der Waals surface area contributed by atoms with E-state index < -0.39 is 24.0 Å². The lowest BCUT2D eigenvalue weighted by atomic mass is 9.47. The third kappa shape index (κ3) is 3.77. The smallest absolute Gasteiger partial charge is 0.326 e. The predicted octanol–water partition coefficient (Wildman–Crippen LogP) is 2.73. The van der Waals surface area contributed by atoms with Gasteiger partial charge in [0.1, 0.15) is 6.04 Å². The van der Waals surface area contributed by atoms with Gasteiger partial charge in [0.15, 0.2) is 6.61 Å². The highest BCUT2D eigenvalue weighted by atomic mass is 16.6. The van der Waals surface area contributed by atoms with Crippen molar-refractivity contribution in [2.75, 3.05) is 13.2 Å². The topological polar surface area (TPSA) is 120 Å². The van der Waals surface area contributed by atoms with Crippen LogP contribution in [0.2, 0.25) is 0 Å². The van der Waals surface area contributed by atoms with Gasteiger partial charge in [-0.05, 0) is 86.0 Å². The van der Waals surface area contributed by atoms with E-state index in [2.05, 4.69) is 25.1 Å². The highest BCUT2D eigenvalue weighted by Crippen LogP contribution is 2.65. The molecule has 1 heterocycles. The molecule has 5 aliphatic rings. The molecule has 0 spiro atoms. The van der Waals surface area contributed by atoms with Crippen molar-refractivity contribution in [3.8, 4) is 0 Å². The summed E-state index contributed by atoms with van der Waals surface area (Å²) in [5.41, 5.74) is 2.52. The van der Waals surface area contributed by atoms with Crippen LogP contribution in [0, 0.1) is 28.6 Å². The number of β-amino-alcohol motifs (C(OH)–C–C–N with tert-alkyl or cyclic N) is 1. The molecule has 3 N–H and O–H groups in total. The van der Waals surface area contributed by atoms with Crippen LogP contribution in [0.15, 0.2) is 16.8 Å². The summed E-state index contributed by atoms with van der Waals surface area (Å²) >= 11 is 0. The number of amides is 1. The van der Waals surface area contributed by atoms with Crippen LogP contribution in [0.5, 0.6) is 0 Å². The van der Waals surface area contributed by atoms with Crippen LogP contribution in [-0.4, -0.2) is 69.2 Å². The number of aliphatic carboxylic acids is 1. The Morgan fingerprint density at radius 2 is 1.91 bits per heavy atom. The number of likely N-dealkylation sites (tertiary alicyclic amines) is 1. The molecule has 0 aromatic heterocycles. The van der Waals surface area contributed by atoms with Gasteiger partial charge < -0.3 is 25.1 Å². The summed E-state index contributed by atoms with van der Waals surface area (Å²) in [5.74, 6) is 0.380. The third-order valence-electron chi connectivity index (χ3n) is 10.2. The first-order valence-electron chi connectivity index (χ1n) is 12.9. The Bertz CT molecular complexity index is 917. The van der Waals surface area contributed by atoms with Crippen LogP contribution in [-0.2, 0) is 14.4 Å². The number of rotatable bonds is 4. The van der Waals surface area contributed by atoms with Gasteiger partial charge in [0.2, 0.25) is 0 Å². The molecule has 0 aromatic carbocycles. The van der Waals surface area contributed by atoms with Crippen LogP contribution < -0.4 is 0 Å². The monoisotopic (exact) mass is 474 g/mol. The number of carboxylic acid groups (broad SMARTS) is 1. The number of carbonyl (C=O) groups excluding carboxylic acids is 1. The molecule has 8 heteroatoms. The van der Waals surface area contributed by atoms with E-state index >= 15 is 0 Å². The number of hydrogen-bond acceptors (Lipinski definition) is 6. The van der Waals surface area contributed by atoms with E-state index in [1.165, 1.54) is 23.3 Å². The SMILES string of the molecule is C[C@]12CC[C@@H]3[C@H](CCC4=CC(=NOCC(=O)N5C[C@H](O)C[C@@H]5C(=O)O)CC[C@@]43C)[C@H]1CC[C@@H]2O. The Balaban J connectivity index is 1.24. The van der Waals surface area contributed by atoms with E-state index in [9.17, 15) is 24.9 Å². The highest BCUT2D eigenvalue weighted by molar-refractivity contribution is 5.96. The minimum atomic E-state index is -1.11. The second-order valence-electron chi connectivity index (χ2n) is 11.8. The highest BCUT2D eigenvalue weighted by Gasteiger charge is 2.58. The third-order valence-corrected chi connectivity index (χ3v) is 10.2. The zero-order valence-electron chi connectivity index (χ0n) is 20.3. The first kappa shape index (κ1) is 23.8. The molecular formula is C26H38N2O6. The van der Waals surface area contributed by atoms with Crippen LogP contribution in [0.3, 0.4) is 0 Å². The lowest BCUT2D eigenvalue weighted by Gasteiger charge is -2.57. The average molecular weight is 475 g/mol. The fourth-order valence-corrected chi connectivity index (χ4v) is 8.19. The Hall–Kier alpha value is -1.93. The molecule has 4 fully saturated rings.